The van der Waals surface area contributed by atoms with Gasteiger partial charge in [-0.15, -0.1) is 11.3 Å². The quantitative estimate of drug-likeness (QED) is 0.435. The van der Waals surface area contributed by atoms with Crippen molar-refractivity contribution in [2.24, 2.45) is 4.99 Å². The Balaban J connectivity index is 1.53. The number of anilines is 1. The Bertz CT molecular complexity index is 1260. The summed E-state index contributed by atoms with van der Waals surface area (Å²) in [5.74, 6) is 0.621. The molecule has 1 aromatic carbocycles. The molecule has 1 fully saturated rings. The Morgan fingerprint density at radius 2 is 2.12 bits per heavy atom. The molecule has 3 aromatic rings. The highest BCUT2D eigenvalue weighted by Gasteiger charge is 2.16. The van der Waals surface area contributed by atoms with Gasteiger partial charge in [0.2, 0.25) is 0 Å². The molecule has 1 N–H and O–H groups in total. The lowest BCUT2D eigenvalue weighted by molar-refractivity contribution is 0.0684. The lowest BCUT2D eigenvalue weighted by Gasteiger charge is -2.28. The molecule has 32 heavy (non-hydrogen) atoms. The van der Waals surface area contributed by atoms with E-state index in [0.29, 0.717) is 37.8 Å². The number of hydrogen-bond acceptors (Lipinski definition) is 7. The van der Waals surface area contributed by atoms with Gasteiger partial charge in [-0.1, -0.05) is 18.7 Å². The number of fused-ring (bicyclic) bond motifs is 1. The molecule has 1 aliphatic heterocycles. The molecule has 0 amide bonds. The molecule has 2 aromatic heterocycles. The number of ether oxygens (including phenoxy) is 1. The molecule has 1 aliphatic rings. The second-order valence-electron chi connectivity index (χ2n) is 7.08. The first-order valence-electron chi connectivity index (χ1n) is 10.00. The van der Waals surface area contributed by atoms with Crippen LogP contribution in [0.4, 0.5) is 5.69 Å². The Morgan fingerprint density at radius 1 is 1.31 bits per heavy atom. The topological polar surface area (TPSA) is 96.8 Å². The number of hydrogen-bond donors (Lipinski definition) is 1. The third-order valence-electron chi connectivity index (χ3n) is 4.87. The molecule has 0 unspecified atom stereocenters. The van der Waals surface area contributed by atoms with Crippen LogP contribution in [0.25, 0.3) is 20.8 Å². The maximum absolute atomic E-state index is 12.8. The fraction of sp³-hybridized carbons (Fsp3) is 0.227. The minimum absolute atomic E-state index is 0.0987. The van der Waals surface area contributed by atoms with Gasteiger partial charge in [-0.25, -0.2) is 18.4 Å². The maximum atomic E-state index is 12.8. The summed E-state index contributed by atoms with van der Waals surface area (Å²) in [5.41, 5.74) is 2.14. The van der Waals surface area contributed by atoms with E-state index in [1.807, 2.05) is 17.0 Å². The zero-order chi connectivity index (χ0) is 22.6. The van der Waals surface area contributed by atoms with Gasteiger partial charge in [0, 0.05) is 42.9 Å². The van der Waals surface area contributed by atoms with E-state index in [1.54, 1.807) is 36.7 Å². The van der Waals surface area contributed by atoms with Crippen molar-refractivity contribution in [2.75, 3.05) is 31.0 Å². The van der Waals surface area contributed by atoms with Gasteiger partial charge < -0.3 is 9.64 Å². The summed E-state index contributed by atoms with van der Waals surface area (Å²) < 4.78 is 34.6. The van der Waals surface area contributed by atoms with Crippen LogP contribution in [0.5, 0.6) is 0 Å². The summed E-state index contributed by atoms with van der Waals surface area (Å²) in [7, 11) is -3.77. The highest BCUT2D eigenvalue weighted by molar-refractivity contribution is 7.96. The average molecular weight is 470 g/mol. The minimum Gasteiger partial charge on any atom is -0.378 e. The largest absolute Gasteiger partial charge is 0.378 e. The molecular formula is C22H23N5O3S2. The van der Waals surface area contributed by atoms with E-state index in [9.17, 15) is 8.42 Å². The van der Waals surface area contributed by atoms with Crippen molar-refractivity contribution < 1.29 is 13.2 Å². The third kappa shape index (κ3) is 5.04. The van der Waals surface area contributed by atoms with Crippen LogP contribution >= 0.6 is 11.3 Å². The molecule has 0 radical (unpaired) electrons. The number of benzene rings is 1. The van der Waals surface area contributed by atoms with E-state index in [2.05, 4.69) is 26.3 Å². The van der Waals surface area contributed by atoms with Crippen molar-refractivity contribution in [3.05, 3.63) is 66.5 Å². The smallest absolute Gasteiger partial charge is 0.259 e. The van der Waals surface area contributed by atoms with Crippen molar-refractivity contribution in [1.29, 1.82) is 0 Å². The Hall–Kier alpha value is -3.08. The predicted octanol–water partition coefficient (Wildman–Crippen LogP) is 3.88. The number of thiazole rings is 1. The van der Waals surface area contributed by atoms with Crippen LogP contribution < -0.4 is 4.72 Å². The predicted molar refractivity (Wildman–Crippen MR) is 129 cm³/mol. The van der Waals surface area contributed by atoms with Crippen molar-refractivity contribution in [3.63, 3.8) is 0 Å². The number of allylic oxidation sites excluding steroid dienone is 1. The fourth-order valence-electron chi connectivity index (χ4n) is 3.14. The molecule has 166 valence electrons. The Morgan fingerprint density at radius 3 is 2.88 bits per heavy atom. The van der Waals surface area contributed by atoms with Crippen LogP contribution in [0, 0.1) is 0 Å². The van der Waals surface area contributed by atoms with E-state index < -0.39 is 10.0 Å². The third-order valence-corrected chi connectivity index (χ3v) is 7.39. The lowest BCUT2D eigenvalue weighted by Crippen LogP contribution is -2.39. The van der Waals surface area contributed by atoms with Gasteiger partial charge in [-0.05, 0) is 31.2 Å². The summed E-state index contributed by atoms with van der Waals surface area (Å²) in [4.78, 5) is 15.2. The summed E-state index contributed by atoms with van der Waals surface area (Å²) >= 11 is 1.51. The number of rotatable bonds is 6. The van der Waals surface area contributed by atoms with Gasteiger partial charge in [0.05, 0.1) is 28.3 Å². The SMILES string of the molecule is C=CC(=N/C=C(\C)S(=O)(=O)Nc1cccc(-c2nc3ccncc3s2)c1)N1CCOCC1. The van der Waals surface area contributed by atoms with E-state index in [0.717, 1.165) is 20.8 Å². The van der Waals surface area contributed by atoms with Gasteiger partial charge in [0.25, 0.3) is 10.0 Å². The molecule has 1 saturated heterocycles. The van der Waals surface area contributed by atoms with Gasteiger partial charge >= 0.3 is 0 Å². The second-order valence-corrected chi connectivity index (χ2v) is 9.96. The molecule has 0 spiro atoms. The summed E-state index contributed by atoms with van der Waals surface area (Å²) in [6.07, 6.45) is 6.43. The van der Waals surface area contributed by atoms with Crippen LogP contribution in [-0.2, 0) is 14.8 Å². The molecule has 8 nitrogen and oxygen atoms in total. The maximum Gasteiger partial charge on any atom is 0.259 e. The number of nitrogens with zero attached hydrogens (tertiary/aromatic N) is 4. The van der Waals surface area contributed by atoms with Crippen molar-refractivity contribution in [2.45, 2.75) is 6.92 Å². The number of nitrogens with one attached hydrogen (secondary N) is 1. The number of amidine groups is 1. The molecule has 0 atom stereocenters. The first-order valence-corrected chi connectivity index (χ1v) is 12.3. The molecule has 3 heterocycles. The first-order chi connectivity index (χ1) is 15.5. The van der Waals surface area contributed by atoms with Gasteiger partial charge in [0.1, 0.15) is 10.8 Å². The second kappa shape index (κ2) is 9.60. The molecule has 0 aliphatic carbocycles. The van der Waals surface area contributed by atoms with Crippen LogP contribution in [-0.4, -0.2) is 55.4 Å². The minimum atomic E-state index is -3.77. The van der Waals surface area contributed by atoms with E-state index in [4.69, 9.17) is 4.74 Å². The zero-order valence-electron chi connectivity index (χ0n) is 17.6. The number of aromatic nitrogens is 2. The average Bonchev–Trinajstić information content (AvgIpc) is 3.24. The monoisotopic (exact) mass is 469 g/mol. The summed E-state index contributed by atoms with van der Waals surface area (Å²) in [6, 6.07) is 9.01. The molecule has 0 bridgehead atoms. The number of sulfonamides is 1. The molecular weight excluding hydrogens is 446 g/mol. The highest BCUT2D eigenvalue weighted by Crippen LogP contribution is 2.31. The molecule has 4 rings (SSSR count). The van der Waals surface area contributed by atoms with Gasteiger partial charge in [-0.2, -0.15) is 0 Å². The van der Waals surface area contributed by atoms with E-state index in [-0.39, 0.29) is 4.91 Å². The van der Waals surface area contributed by atoms with Crippen LogP contribution in [0.3, 0.4) is 0 Å². The van der Waals surface area contributed by atoms with E-state index >= 15 is 0 Å². The zero-order valence-corrected chi connectivity index (χ0v) is 19.2. The molecule has 0 saturated carbocycles. The number of morpholine rings is 1. The van der Waals surface area contributed by atoms with Crippen molar-refractivity contribution in [1.82, 2.24) is 14.9 Å². The number of aliphatic imine (C=N–C) groups is 1. The highest BCUT2D eigenvalue weighted by atomic mass is 32.2. The Kier molecular flexibility index (Phi) is 6.63. The normalized spacial score (nSPS) is 15.7. The van der Waals surface area contributed by atoms with Gasteiger partial charge in [0.15, 0.2) is 0 Å². The van der Waals surface area contributed by atoms with Gasteiger partial charge in [-0.3, -0.25) is 9.71 Å². The Labute approximate surface area is 191 Å². The van der Waals surface area contributed by atoms with Crippen molar-refractivity contribution >= 4 is 43.1 Å². The summed E-state index contributed by atoms with van der Waals surface area (Å²) in [5, 5.41) is 0.798. The number of pyridine rings is 1. The van der Waals surface area contributed by atoms with E-state index in [1.165, 1.54) is 24.5 Å². The fourth-order valence-corrected chi connectivity index (χ4v) is 4.86. The lowest BCUT2D eigenvalue weighted by atomic mass is 10.2. The standard InChI is InChI=1S/C22H23N5O3S2/c1-3-21(27-9-11-30-12-10-27)24-14-16(2)32(28,29)26-18-6-4-5-17(13-18)22-25-19-7-8-23-15-20(19)31-22/h3-8,13-15,26H,1,9-12H2,2H3/b16-14+,24-21?. The first kappa shape index (κ1) is 22.1. The molecule has 10 heteroatoms. The van der Waals surface area contributed by atoms with Crippen LogP contribution in [0.2, 0.25) is 0 Å². The van der Waals surface area contributed by atoms with Crippen LogP contribution in [0.1, 0.15) is 6.92 Å². The van der Waals surface area contributed by atoms with Crippen molar-refractivity contribution in [3.8, 4) is 10.6 Å². The van der Waals surface area contributed by atoms with Crippen LogP contribution in [0.15, 0.2) is 71.5 Å². The summed E-state index contributed by atoms with van der Waals surface area (Å²) in [6.45, 7) is 7.89.